The minimum atomic E-state index is -0.0781. The zero-order chi connectivity index (χ0) is 12.2. The maximum Gasteiger partial charge on any atom is 0.173 e. The molecule has 0 aliphatic rings. The highest BCUT2D eigenvalue weighted by molar-refractivity contribution is 9.10. The highest BCUT2D eigenvalue weighted by Gasteiger charge is 2.21. The van der Waals surface area contributed by atoms with Crippen molar-refractivity contribution in [2.45, 2.75) is 38.3 Å². The molecule has 0 spiro atoms. The first-order valence-corrected chi connectivity index (χ1v) is 6.25. The van der Waals surface area contributed by atoms with Gasteiger partial charge in [0.25, 0.3) is 0 Å². The number of ether oxygens (including phenoxy) is 1. The van der Waals surface area contributed by atoms with Crippen molar-refractivity contribution in [1.82, 2.24) is 5.32 Å². The molecule has 4 heteroatoms. The lowest BCUT2D eigenvalue weighted by atomic mass is 9.96. The second-order valence-electron chi connectivity index (χ2n) is 4.49. The summed E-state index contributed by atoms with van der Waals surface area (Å²) >= 11 is 3.41. The molecule has 0 fully saturated rings. The van der Waals surface area contributed by atoms with E-state index in [4.69, 9.17) is 9.15 Å². The monoisotopic (exact) mass is 289 g/mol. The van der Waals surface area contributed by atoms with Crippen LogP contribution in [-0.2, 0) is 4.74 Å². The van der Waals surface area contributed by atoms with Crippen molar-refractivity contribution >= 4 is 15.9 Å². The Morgan fingerprint density at radius 2 is 2.25 bits per heavy atom. The molecule has 0 saturated heterocycles. The molecule has 1 rings (SSSR count). The molecule has 0 aromatic carbocycles. The van der Waals surface area contributed by atoms with Gasteiger partial charge in [-0.05, 0) is 55.7 Å². The fourth-order valence-electron chi connectivity index (χ4n) is 1.60. The van der Waals surface area contributed by atoms with Crippen molar-refractivity contribution in [3.8, 4) is 0 Å². The average Bonchev–Trinajstić information content (AvgIpc) is 2.66. The summed E-state index contributed by atoms with van der Waals surface area (Å²) in [7, 11) is 3.71. The molecular formula is C12H20BrNO2. The van der Waals surface area contributed by atoms with E-state index in [1.54, 1.807) is 13.4 Å². The molecule has 1 aromatic rings. The van der Waals surface area contributed by atoms with Gasteiger partial charge in [0.15, 0.2) is 4.67 Å². The number of methoxy groups -OCH3 is 1. The van der Waals surface area contributed by atoms with Crippen molar-refractivity contribution in [3.05, 3.63) is 22.6 Å². The molecule has 1 heterocycles. The molecule has 0 aliphatic carbocycles. The number of halogens is 1. The van der Waals surface area contributed by atoms with Crippen LogP contribution in [0.5, 0.6) is 0 Å². The highest BCUT2D eigenvalue weighted by atomic mass is 79.9. The maximum atomic E-state index is 5.42. The van der Waals surface area contributed by atoms with Gasteiger partial charge in [0.05, 0.1) is 11.9 Å². The molecule has 1 N–H and O–H groups in total. The van der Waals surface area contributed by atoms with Crippen molar-refractivity contribution in [2.75, 3.05) is 14.2 Å². The second kappa shape index (κ2) is 5.84. The molecule has 0 aliphatic heterocycles. The predicted octanol–water partition coefficient (Wildman–Crippen LogP) is 3.51. The summed E-state index contributed by atoms with van der Waals surface area (Å²) in [6.07, 6.45) is 3.70. The van der Waals surface area contributed by atoms with Gasteiger partial charge in [-0.1, -0.05) is 0 Å². The molecule has 3 nitrogen and oxygen atoms in total. The zero-order valence-electron chi connectivity index (χ0n) is 10.3. The van der Waals surface area contributed by atoms with E-state index in [2.05, 4.69) is 35.1 Å². The van der Waals surface area contributed by atoms with E-state index in [0.29, 0.717) is 6.04 Å². The quantitative estimate of drug-likeness (QED) is 0.870. The number of rotatable bonds is 6. The Hall–Kier alpha value is -0.320. The molecule has 0 amide bonds. The SMILES string of the molecule is CNC(CCC(C)(C)OC)c1ccoc1Br. The maximum absolute atomic E-state index is 5.42. The van der Waals surface area contributed by atoms with Crippen LogP contribution >= 0.6 is 15.9 Å². The molecule has 92 valence electrons. The van der Waals surface area contributed by atoms with Crippen molar-refractivity contribution in [2.24, 2.45) is 0 Å². The van der Waals surface area contributed by atoms with Gasteiger partial charge in [-0.15, -0.1) is 0 Å². The van der Waals surface area contributed by atoms with Crippen molar-refractivity contribution in [1.29, 1.82) is 0 Å². The standard InChI is InChI=1S/C12H20BrNO2/c1-12(2,15-4)7-5-10(14-3)9-6-8-16-11(9)13/h6,8,10,14H,5,7H2,1-4H3. The first-order chi connectivity index (χ1) is 7.50. The van der Waals surface area contributed by atoms with Gasteiger partial charge in [0.1, 0.15) is 0 Å². The number of hydrogen-bond donors (Lipinski definition) is 1. The van der Waals surface area contributed by atoms with Gasteiger partial charge in [0.2, 0.25) is 0 Å². The summed E-state index contributed by atoms with van der Waals surface area (Å²) in [5.74, 6) is 0. The molecular weight excluding hydrogens is 270 g/mol. The molecule has 0 saturated carbocycles. The van der Waals surface area contributed by atoms with Crippen LogP contribution in [0.2, 0.25) is 0 Å². The van der Waals surface area contributed by atoms with Gasteiger partial charge in [-0.25, -0.2) is 0 Å². The summed E-state index contributed by atoms with van der Waals surface area (Å²) in [6, 6.07) is 2.29. The minimum Gasteiger partial charge on any atom is -0.457 e. The first kappa shape index (κ1) is 13.7. The van der Waals surface area contributed by atoms with Crippen LogP contribution in [0.1, 0.15) is 38.3 Å². The third-order valence-corrected chi connectivity index (χ3v) is 3.60. The smallest absolute Gasteiger partial charge is 0.173 e. The lowest BCUT2D eigenvalue weighted by Crippen LogP contribution is -2.25. The van der Waals surface area contributed by atoms with Crippen LogP contribution in [0.4, 0.5) is 0 Å². The number of hydrogen-bond acceptors (Lipinski definition) is 3. The van der Waals surface area contributed by atoms with E-state index in [1.165, 1.54) is 0 Å². The van der Waals surface area contributed by atoms with E-state index in [9.17, 15) is 0 Å². The van der Waals surface area contributed by atoms with E-state index >= 15 is 0 Å². The Morgan fingerprint density at radius 1 is 1.56 bits per heavy atom. The summed E-state index contributed by atoms with van der Waals surface area (Å²) in [5.41, 5.74) is 1.08. The van der Waals surface area contributed by atoms with Crippen LogP contribution < -0.4 is 5.32 Å². The lowest BCUT2D eigenvalue weighted by Gasteiger charge is -2.25. The molecule has 1 unspecified atom stereocenters. The van der Waals surface area contributed by atoms with Crippen LogP contribution in [-0.4, -0.2) is 19.8 Å². The van der Waals surface area contributed by atoms with E-state index in [0.717, 1.165) is 23.1 Å². The number of nitrogens with one attached hydrogen (secondary N) is 1. The van der Waals surface area contributed by atoms with E-state index in [-0.39, 0.29) is 5.60 Å². The second-order valence-corrected chi connectivity index (χ2v) is 5.21. The highest BCUT2D eigenvalue weighted by Crippen LogP contribution is 2.29. The Kier molecular flexibility index (Phi) is 5.02. The third-order valence-electron chi connectivity index (χ3n) is 2.96. The Bertz CT molecular complexity index is 323. The van der Waals surface area contributed by atoms with Crippen molar-refractivity contribution in [3.63, 3.8) is 0 Å². The van der Waals surface area contributed by atoms with Gasteiger partial charge < -0.3 is 14.5 Å². The Morgan fingerprint density at radius 3 is 2.69 bits per heavy atom. The minimum absolute atomic E-state index is 0.0781. The summed E-state index contributed by atoms with van der Waals surface area (Å²) in [6.45, 7) is 4.20. The molecule has 0 bridgehead atoms. The third kappa shape index (κ3) is 3.61. The van der Waals surface area contributed by atoms with Gasteiger partial charge >= 0.3 is 0 Å². The molecule has 1 aromatic heterocycles. The van der Waals surface area contributed by atoms with Crippen LogP contribution in [0, 0.1) is 0 Å². The average molecular weight is 290 g/mol. The fraction of sp³-hybridized carbons (Fsp3) is 0.667. The lowest BCUT2D eigenvalue weighted by molar-refractivity contribution is 0.0118. The Balaban J connectivity index is 2.60. The van der Waals surface area contributed by atoms with E-state index in [1.807, 2.05) is 13.1 Å². The fourth-order valence-corrected chi connectivity index (χ4v) is 2.12. The van der Waals surface area contributed by atoms with Crippen molar-refractivity contribution < 1.29 is 9.15 Å². The van der Waals surface area contributed by atoms with Gasteiger partial charge in [0, 0.05) is 18.7 Å². The topological polar surface area (TPSA) is 34.4 Å². The molecule has 0 radical (unpaired) electrons. The largest absolute Gasteiger partial charge is 0.457 e. The van der Waals surface area contributed by atoms with Crippen LogP contribution in [0.3, 0.4) is 0 Å². The van der Waals surface area contributed by atoms with Gasteiger partial charge in [-0.2, -0.15) is 0 Å². The van der Waals surface area contributed by atoms with Gasteiger partial charge in [-0.3, -0.25) is 0 Å². The molecule has 16 heavy (non-hydrogen) atoms. The summed E-state index contributed by atoms with van der Waals surface area (Å²) in [4.78, 5) is 0. The number of furan rings is 1. The predicted molar refractivity (Wildman–Crippen MR) is 68.5 cm³/mol. The summed E-state index contributed by atoms with van der Waals surface area (Å²) < 4.78 is 11.5. The Labute approximate surface area is 106 Å². The molecule has 1 atom stereocenters. The van der Waals surface area contributed by atoms with Crippen LogP contribution in [0.15, 0.2) is 21.4 Å². The normalized spacial score (nSPS) is 14.1. The van der Waals surface area contributed by atoms with Crippen LogP contribution in [0.25, 0.3) is 0 Å². The zero-order valence-corrected chi connectivity index (χ0v) is 11.9. The van der Waals surface area contributed by atoms with E-state index < -0.39 is 0 Å². The first-order valence-electron chi connectivity index (χ1n) is 5.45. The summed E-state index contributed by atoms with van der Waals surface area (Å²) in [5, 5.41) is 3.30.